The number of thiazole rings is 1. The Hall–Kier alpha value is -1.89. The minimum atomic E-state index is -0.129. The molecule has 20 heavy (non-hydrogen) atoms. The Labute approximate surface area is 122 Å². The molecule has 0 bridgehead atoms. The van der Waals surface area contributed by atoms with Gasteiger partial charge in [-0.25, -0.2) is 4.98 Å². The Balaban J connectivity index is 2.22. The van der Waals surface area contributed by atoms with Gasteiger partial charge in [-0.15, -0.1) is 11.3 Å². The summed E-state index contributed by atoms with van der Waals surface area (Å²) in [5, 5.41) is 7.23. The number of aryl methyl sites for hydroxylation is 3. The number of hydrogen-bond donors (Lipinski definition) is 1. The smallest absolute Gasteiger partial charge is 0.274 e. The van der Waals surface area contributed by atoms with Crippen LogP contribution in [0.1, 0.15) is 33.8 Å². The average Bonchev–Trinajstić information content (AvgIpc) is 2.93. The van der Waals surface area contributed by atoms with Gasteiger partial charge in [-0.2, -0.15) is 5.10 Å². The molecule has 2 aromatic heterocycles. The molecule has 108 valence electrons. The highest BCUT2D eigenvalue weighted by Crippen LogP contribution is 2.19. The molecule has 2 N–H and O–H groups in total. The Morgan fingerprint density at radius 3 is 2.75 bits per heavy atom. The molecular formula is C13H19N5OS. The van der Waals surface area contributed by atoms with Crippen molar-refractivity contribution in [1.29, 1.82) is 0 Å². The summed E-state index contributed by atoms with van der Waals surface area (Å²) in [7, 11) is 1.75. The van der Waals surface area contributed by atoms with Crippen LogP contribution in [0.2, 0.25) is 0 Å². The third-order valence-electron chi connectivity index (χ3n) is 3.09. The van der Waals surface area contributed by atoms with Gasteiger partial charge in [0.15, 0.2) is 0 Å². The van der Waals surface area contributed by atoms with E-state index in [0.717, 1.165) is 10.7 Å². The fourth-order valence-corrected chi connectivity index (χ4v) is 2.63. The normalized spacial score (nSPS) is 10.8. The molecule has 2 heterocycles. The van der Waals surface area contributed by atoms with Crippen molar-refractivity contribution in [3.8, 4) is 0 Å². The lowest BCUT2D eigenvalue weighted by Crippen LogP contribution is -2.29. The molecule has 0 fully saturated rings. The van der Waals surface area contributed by atoms with Crippen molar-refractivity contribution < 1.29 is 4.79 Å². The zero-order valence-electron chi connectivity index (χ0n) is 12.2. The second-order valence-electron chi connectivity index (χ2n) is 4.68. The van der Waals surface area contributed by atoms with E-state index < -0.39 is 0 Å². The highest BCUT2D eigenvalue weighted by molar-refractivity contribution is 7.09. The van der Waals surface area contributed by atoms with Crippen LogP contribution in [0.25, 0.3) is 0 Å². The van der Waals surface area contributed by atoms with Gasteiger partial charge < -0.3 is 10.6 Å². The van der Waals surface area contributed by atoms with Gasteiger partial charge >= 0.3 is 0 Å². The highest BCUT2D eigenvalue weighted by Gasteiger charge is 2.22. The van der Waals surface area contributed by atoms with Gasteiger partial charge in [0, 0.05) is 19.0 Å². The van der Waals surface area contributed by atoms with Crippen LogP contribution < -0.4 is 5.73 Å². The molecule has 0 unspecified atom stereocenters. The minimum absolute atomic E-state index is 0.129. The monoisotopic (exact) mass is 293 g/mol. The highest BCUT2D eigenvalue weighted by atomic mass is 32.1. The topological polar surface area (TPSA) is 77.0 Å². The van der Waals surface area contributed by atoms with Crippen LogP contribution in [0.15, 0.2) is 5.38 Å². The molecule has 2 aromatic rings. The molecule has 0 saturated carbocycles. The first-order valence-corrected chi connectivity index (χ1v) is 7.31. The fraction of sp³-hybridized carbons (Fsp3) is 0.462. The molecule has 2 rings (SSSR count). The van der Waals surface area contributed by atoms with Crippen LogP contribution in [0.5, 0.6) is 0 Å². The average molecular weight is 293 g/mol. The van der Waals surface area contributed by atoms with Crippen molar-refractivity contribution in [1.82, 2.24) is 19.7 Å². The van der Waals surface area contributed by atoms with Gasteiger partial charge in [-0.05, 0) is 20.8 Å². The number of nitrogen functional groups attached to an aromatic ring is 1. The van der Waals surface area contributed by atoms with Crippen LogP contribution in [0.4, 0.5) is 5.69 Å². The van der Waals surface area contributed by atoms with E-state index in [-0.39, 0.29) is 5.91 Å². The van der Waals surface area contributed by atoms with E-state index in [1.165, 1.54) is 0 Å². The maximum atomic E-state index is 12.5. The summed E-state index contributed by atoms with van der Waals surface area (Å²) in [4.78, 5) is 18.5. The van der Waals surface area contributed by atoms with E-state index in [4.69, 9.17) is 5.73 Å². The lowest BCUT2D eigenvalue weighted by Gasteiger charge is -2.16. The van der Waals surface area contributed by atoms with Crippen LogP contribution in [0, 0.1) is 13.8 Å². The van der Waals surface area contributed by atoms with Crippen LogP contribution in [-0.4, -0.2) is 32.6 Å². The molecule has 0 aliphatic carbocycles. The van der Waals surface area contributed by atoms with Gasteiger partial charge in [-0.3, -0.25) is 9.48 Å². The molecule has 0 aliphatic rings. The summed E-state index contributed by atoms with van der Waals surface area (Å²) in [5.41, 5.74) is 8.46. The SMILES string of the molecule is CCn1nc(C)c(N)c1C(=O)N(C)Cc1csc(C)n1. The fourth-order valence-electron chi connectivity index (χ4n) is 2.03. The second-order valence-corrected chi connectivity index (χ2v) is 5.74. The van der Waals surface area contributed by atoms with E-state index in [0.29, 0.717) is 30.2 Å². The van der Waals surface area contributed by atoms with Gasteiger partial charge in [-0.1, -0.05) is 0 Å². The molecule has 6 nitrogen and oxygen atoms in total. The Morgan fingerprint density at radius 1 is 1.50 bits per heavy atom. The van der Waals surface area contributed by atoms with Crippen molar-refractivity contribution in [2.75, 3.05) is 12.8 Å². The predicted octanol–water partition coefficient (Wildman–Crippen LogP) is 1.83. The zero-order valence-corrected chi connectivity index (χ0v) is 13.0. The van der Waals surface area contributed by atoms with Crippen molar-refractivity contribution in [3.63, 3.8) is 0 Å². The summed E-state index contributed by atoms with van der Waals surface area (Å²) in [6.45, 7) is 6.78. The lowest BCUT2D eigenvalue weighted by atomic mass is 10.2. The van der Waals surface area contributed by atoms with Crippen molar-refractivity contribution in [3.05, 3.63) is 27.5 Å². The van der Waals surface area contributed by atoms with Crippen molar-refractivity contribution in [2.24, 2.45) is 0 Å². The molecule has 0 aliphatic heterocycles. The third-order valence-corrected chi connectivity index (χ3v) is 3.91. The summed E-state index contributed by atoms with van der Waals surface area (Å²) in [6, 6.07) is 0. The largest absolute Gasteiger partial charge is 0.395 e. The zero-order chi connectivity index (χ0) is 14.9. The van der Waals surface area contributed by atoms with Gasteiger partial charge in [0.05, 0.1) is 28.6 Å². The maximum Gasteiger partial charge on any atom is 0.274 e. The number of rotatable bonds is 4. The van der Waals surface area contributed by atoms with E-state index >= 15 is 0 Å². The third kappa shape index (κ3) is 2.67. The van der Waals surface area contributed by atoms with Crippen LogP contribution >= 0.6 is 11.3 Å². The summed E-state index contributed by atoms with van der Waals surface area (Å²) in [5.74, 6) is -0.129. The van der Waals surface area contributed by atoms with Crippen molar-refractivity contribution in [2.45, 2.75) is 33.9 Å². The van der Waals surface area contributed by atoms with Gasteiger partial charge in [0.2, 0.25) is 0 Å². The first-order valence-electron chi connectivity index (χ1n) is 6.43. The van der Waals surface area contributed by atoms with Crippen LogP contribution in [0.3, 0.4) is 0 Å². The Bertz CT molecular complexity index is 631. The maximum absolute atomic E-state index is 12.5. The molecule has 0 atom stereocenters. The number of carbonyl (C=O) groups is 1. The molecule has 7 heteroatoms. The number of anilines is 1. The van der Waals surface area contributed by atoms with Crippen molar-refractivity contribution >= 4 is 22.9 Å². The standard InChI is InChI=1S/C13H19N5OS/c1-5-18-12(11(14)8(2)16-18)13(19)17(4)6-10-7-20-9(3)15-10/h7H,5-6,14H2,1-4H3. The quantitative estimate of drug-likeness (QED) is 0.933. The Morgan fingerprint density at radius 2 is 2.20 bits per heavy atom. The molecule has 0 radical (unpaired) electrons. The minimum Gasteiger partial charge on any atom is -0.395 e. The van der Waals surface area contributed by atoms with E-state index in [1.807, 2.05) is 26.2 Å². The summed E-state index contributed by atoms with van der Waals surface area (Å²) in [6.07, 6.45) is 0. The van der Waals surface area contributed by atoms with Gasteiger partial charge in [0.25, 0.3) is 5.91 Å². The molecule has 1 amide bonds. The van der Waals surface area contributed by atoms with E-state index in [9.17, 15) is 4.79 Å². The Kier molecular flexibility index (Phi) is 4.08. The first-order chi connectivity index (χ1) is 9.43. The summed E-state index contributed by atoms with van der Waals surface area (Å²) >= 11 is 1.58. The molecule has 0 saturated heterocycles. The number of aromatic nitrogens is 3. The van der Waals surface area contributed by atoms with Gasteiger partial charge in [0.1, 0.15) is 5.69 Å². The predicted molar refractivity (Wildman–Crippen MR) is 79.7 cm³/mol. The molecular weight excluding hydrogens is 274 g/mol. The number of nitrogens with zero attached hydrogens (tertiary/aromatic N) is 4. The second kappa shape index (κ2) is 5.62. The number of carbonyl (C=O) groups excluding carboxylic acids is 1. The van der Waals surface area contributed by atoms with Crippen LogP contribution in [-0.2, 0) is 13.1 Å². The lowest BCUT2D eigenvalue weighted by molar-refractivity contribution is 0.0772. The first kappa shape index (κ1) is 14.5. The van der Waals surface area contributed by atoms with E-state index in [1.54, 1.807) is 28.0 Å². The number of nitrogens with two attached hydrogens (primary N) is 1. The number of hydrogen-bond acceptors (Lipinski definition) is 5. The van der Waals surface area contributed by atoms with E-state index in [2.05, 4.69) is 10.1 Å². The molecule has 0 aromatic carbocycles. The summed E-state index contributed by atoms with van der Waals surface area (Å²) < 4.78 is 1.65. The number of amides is 1. The molecule has 0 spiro atoms.